The van der Waals surface area contributed by atoms with Gasteiger partial charge >= 0.3 is 5.97 Å². The number of hydrogen-bond donors (Lipinski definition) is 3. The van der Waals surface area contributed by atoms with E-state index in [2.05, 4.69) is 5.32 Å². The number of hydrogen-bond acceptors (Lipinski definition) is 3. The Hall–Kier alpha value is -0.610. The van der Waals surface area contributed by atoms with Gasteiger partial charge in [0.15, 0.2) is 0 Å². The first-order valence-corrected chi connectivity index (χ1v) is 3.65. The van der Waals surface area contributed by atoms with Crippen molar-refractivity contribution >= 4 is 5.97 Å². The van der Waals surface area contributed by atoms with Crippen LogP contribution in [-0.2, 0) is 4.79 Å². The largest absolute Gasteiger partial charge is 0.480 e. The summed E-state index contributed by atoms with van der Waals surface area (Å²) in [5.74, 6) is -0.757. The van der Waals surface area contributed by atoms with Crippen molar-refractivity contribution in [3.8, 4) is 0 Å². The van der Waals surface area contributed by atoms with Gasteiger partial charge in [0.05, 0.1) is 0 Å². The summed E-state index contributed by atoms with van der Waals surface area (Å²) >= 11 is 0. The second kappa shape index (κ2) is 5.09. The maximum absolute atomic E-state index is 10.3. The molecule has 0 radical (unpaired) electrons. The number of nitrogens with one attached hydrogen (secondary N) is 1. The minimum absolute atomic E-state index is 0.0827. The van der Waals surface area contributed by atoms with Crippen LogP contribution in [0.1, 0.15) is 13.8 Å². The predicted molar refractivity (Wildman–Crippen MR) is 41.4 cm³/mol. The molecule has 2 atom stereocenters. The highest BCUT2D eigenvalue weighted by atomic mass is 16.4. The molecule has 4 nitrogen and oxygen atoms in total. The predicted octanol–water partition coefficient (Wildman–Crippen LogP) is -0.323. The van der Waals surface area contributed by atoms with E-state index in [1.807, 2.05) is 6.92 Å². The summed E-state index contributed by atoms with van der Waals surface area (Å²) in [6.07, 6.45) is 0. The zero-order valence-corrected chi connectivity index (χ0v) is 6.87. The number of aliphatic hydroxyl groups is 1. The lowest BCUT2D eigenvalue weighted by atomic mass is 10.2. The Morgan fingerprint density at radius 2 is 2.09 bits per heavy atom. The molecule has 0 aromatic rings. The molecule has 0 fully saturated rings. The van der Waals surface area contributed by atoms with Crippen LogP contribution >= 0.6 is 0 Å². The Morgan fingerprint density at radius 3 is 2.45 bits per heavy atom. The summed E-state index contributed by atoms with van der Waals surface area (Å²) in [6.45, 7) is 4.04. The summed E-state index contributed by atoms with van der Waals surface area (Å²) in [5.41, 5.74) is 0. The molecule has 0 aromatic heterocycles. The first kappa shape index (κ1) is 10.4. The van der Waals surface area contributed by atoms with Gasteiger partial charge in [-0.2, -0.15) is 0 Å². The fourth-order valence-corrected chi connectivity index (χ4v) is 0.530. The number of aliphatic carboxylic acids is 1. The van der Waals surface area contributed by atoms with Gasteiger partial charge in [-0.25, -0.2) is 0 Å². The van der Waals surface area contributed by atoms with Gasteiger partial charge in [0.1, 0.15) is 6.04 Å². The van der Waals surface area contributed by atoms with Gasteiger partial charge in [-0.15, -0.1) is 0 Å². The van der Waals surface area contributed by atoms with E-state index < -0.39 is 12.0 Å². The van der Waals surface area contributed by atoms with E-state index in [4.69, 9.17) is 10.2 Å². The third kappa shape index (κ3) is 4.75. The zero-order chi connectivity index (χ0) is 8.85. The van der Waals surface area contributed by atoms with E-state index in [1.165, 1.54) is 0 Å². The molecule has 0 rings (SSSR count). The van der Waals surface area contributed by atoms with Crippen molar-refractivity contribution in [3.63, 3.8) is 0 Å². The molecule has 0 heterocycles. The average Bonchev–Trinajstić information content (AvgIpc) is 1.99. The molecule has 0 saturated carbocycles. The number of rotatable bonds is 5. The van der Waals surface area contributed by atoms with Crippen molar-refractivity contribution < 1.29 is 15.0 Å². The maximum atomic E-state index is 10.3. The van der Waals surface area contributed by atoms with E-state index in [0.717, 1.165) is 0 Å². The van der Waals surface area contributed by atoms with Crippen LogP contribution in [-0.4, -0.2) is 35.4 Å². The van der Waals surface area contributed by atoms with Gasteiger partial charge in [0.2, 0.25) is 0 Å². The monoisotopic (exact) mass is 161 g/mol. The van der Waals surface area contributed by atoms with Gasteiger partial charge in [-0.1, -0.05) is 6.92 Å². The second-order valence-electron chi connectivity index (χ2n) is 2.76. The minimum Gasteiger partial charge on any atom is -0.480 e. The van der Waals surface area contributed by atoms with E-state index >= 15 is 0 Å². The number of carboxylic acids is 1. The molecule has 11 heavy (non-hydrogen) atoms. The van der Waals surface area contributed by atoms with Crippen LogP contribution in [0.2, 0.25) is 0 Å². The second-order valence-corrected chi connectivity index (χ2v) is 2.76. The molecule has 0 saturated heterocycles. The van der Waals surface area contributed by atoms with Crippen LogP contribution in [0.25, 0.3) is 0 Å². The van der Waals surface area contributed by atoms with Gasteiger partial charge in [-0.05, 0) is 12.8 Å². The zero-order valence-electron chi connectivity index (χ0n) is 6.87. The van der Waals surface area contributed by atoms with E-state index in [0.29, 0.717) is 6.54 Å². The number of carboxylic acid groups (broad SMARTS) is 1. The van der Waals surface area contributed by atoms with Crippen molar-refractivity contribution in [2.24, 2.45) is 5.92 Å². The van der Waals surface area contributed by atoms with Crippen LogP contribution in [0.3, 0.4) is 0 Å². The van der Waals surface area contributed by atoms with Crippen LogP contribution in [0.15, 0.2) is 0 Å². The third-order valence-corrected chi connectivity index (χ3v) is 1.45. The SMILES string of the molecule is CC(CO)CNC(C)C(=O)O. The van der Waals surface area contributed by atoms with Crippen LogP contribution in [0, 0.1) is 5.92 Å². The molecule has 0 aliphatic heterocycles. The Bertz CT molecular complexity index is 127. The fourth-order valence-electron chi connectivity index (χ4n) is 0.530. The van der Waals surface area contributed by atoms with Crippen molar-refractivity contribution in [3.05, 3.63) is 0 Å². The van der Waals surface area contributed by atoms with Crippen molar-refractivity contribution in [2.45, 2.75) is 19.9 Å². The van der Waals surface area contributed by atoms with Gasteiger partial charge in [0, 0.05) is 13.2 Å². The van der Waals surface area contributed by atoms with E-state index in [-0.39, 0.29) is 12.5 Å². The molecule has 3 N–H and O–H groups in total. The van der Waals surface area contributed by atoms with Crippen LogP contribution in [0.5, 0.6) is 0 Å². The molecule has 2 unspecified atom stereocenters. The lowest BCUT2D eigenvalue weighted by Crippen LogP contribution is -2.37. The summed E-state index contributed by atoms with van der Waals surface area (Å²) in [4.78, 5) is 10.3. The normalized spacial score (nSPS) is 15.9. The third-order valence-electron chi connectivity index (χ3n) is 1.45. The Kier molecular flexibility index (Phi) is 4.81. The average molecular weight is 161 g/mol. The van der Waals surface area contributed by atoms with Crippen LogP contribution < -0.4 is 5.32 Å². The number of carbonyl (C=O) groups is 1. The van der Waals surface area contributed by atoms with Crippen molar-refractivity contribution in [2.75, 3.05) is 13.2 Å². The van der Waals surface area contributed by atoms with Gasteiger partial charge in [-0.3, -0.25) is 4.79 Å². The minimum atomic E-state index is -0.866. The molecule has 0 spiro atoms. The van der Waals surface area contributed by atoms with Gasteiger partial charge < -0.3 is 15.5 Å². The Balaban J connectivity index is 3.45. The standard InChI is InChI=1S/C7H15NO3/c1-5(4-9)3-8-6(2)7(10)11/h5-6,8-9H,3-4H2,1-2H3,(H,10,11). The number of aliphatic hydroxyl groups excluding tert-OH is 1. The fraction of sp³-hybridized carbons (Fsp3) is 0.857. The molecule has 0 aliphatic carbocycles. The summed E-state index contributed by atoms with van der Waals surface area (Å²) < 4.78 is 0. The van der Waals surface area contributed by atoms with Crippen molar-refractivity contribution in [1.82, 2.24) is 5.32 Å². The van der Waals surface area contributed by atoms with Gasteiger partial charge in [0.25, 0.3) is 0 Å². The summed E-state index contributed by atoms with van der Waals surface area (Å²) in [5, 5.41) is 19.8. The molecule has 0 aromatic carbocycles. The smallest absolute Gasteiger partial charge is 0.320 e. The van der Waals surface area contributed by atoms with E-state index in [9.17, 15) is 4.79 Å². The maximum Gasteiger partial charge on any atom is 0.320 e. The Labute approximate surface area is 66.2 Å². The lowest BCUT2D eigenvalue weighted by Gasteiger charge is -2.12. The topological polar surface area (TPSA) is 69.6 Å². The molecule has 0 aliphatic rings. The highest BCUT2D eigenvalue weighted by Gasteiger charge is 2.10. The quantitative estimate of drug-likeness (QED) is 0.516. The van der Waals surface area contributed by atoms with Crippen LogP contribution in [0.4, 0.5) is 0 Å². The molecule has 0 amide bonds. The van der Waals surface area contributed by atoms with Crippen molar-refractivity contribution in [1.29, 1.82) is 0 Å². The molecule has 66 valence electrons. The first-order chi connectivity index (χ1) is 5.07. The highest BCUT2D eigenvalue weighted by Crippen LogP contribution is 1.90. The molecular formula is C7H15NO3. The Morgan fingerprint density at radius 1 is 1.55 bits per heavy atom. The molecule has 0 bridgehead atoms. The lowest BCUT2D eigenvalue weighted by molar-refractivity contribution is -0.139. The molecule has 4 heteroatoms. The van der Waals surface area contributed by atoms with E-state index in [1.54, 1.807) is 6.92 Å². The molecular weight excluding hydrogens is 146 g/mol. The first-order valence-electron chi connectivity index (χ1n) is 3.65. The highest BCUT2D eigenvalue weighted by molar-refractivity contribution is 5.72. The summed E-state index contributed by atoms with van der Waals surface area (Å²) in [6, 6.07) is -0.538. The summed E-state index contributed by atoms with van der Waals surface area (Å²) in [7, 11) is 0.